The van der Waals surface area contributed by atoms with Gasteiger partial charge in [0.2, 0.25) is 11.8 Å². The van der Waals surface area contributed by atoms with Crippen LogP contribution < -0.4 is 0 Å². The first-order chi connectivity index (χ1) is 9.88. The second-order valence-electron chi connectivity index (χ2n) is 5.27. The molecule has 2 aliphatic rings. The van der Waals surface area contributed by atoms with Crippen molar-refractivity contribution in [2.75, 3.05) is 39.1 Å². The summed E-state index contributed by atoms with van der Waals surface area (Å²) in [6, 6.07) is 0. The molecule has 0 bridgehead atoms. The maximum Gasteiger partial charge on any atom is 0.245 e. The van der Waals surface area contributed by atoms with Gasteiger partial charge in [0.05, 0.1) is 6.61 Å². The molecule has 2 amide bonds. The van der Waals surface area contributed by atoms with Gasteiger partial charge >= 0.3 is 0 Å². The Kier molecular flexibility index (Phi) is 4.38. The van der Waals surface area contributed by atoms with Crippen LogP contribution in [-0.2, 0) is 24.2 Å². The Labute approximate surface area is 124 Å². The van der Waals surface area contributed by atoms with Crippen LogP contribution in [0.15, 0.2) is 12.7 Å². The summed E-state index contributed by atoms with van der Waals surface area (Å²) in [5.41, 5.74) is 0. The number of likely N-dealkylation sites (tertiary alicyclic amines) is 1. The molecule has 2 aliphatic heterocycles. The fourth-order valence-electron chi connectivity index (χ4n) is 3.07. The number of methoxy groups -OCH3 is 1. The molecule has 0 radical (unpaired) electrons. The molecule has 0 aromatic rings. The van der Waals surface area contributed by atoms with Gasteiger partial charge in [-0.15, -0.1) is 0 Å². The van der Waals surface area contributed by atoms with Crippen LogP contribution in [0.4, 0.5) is 0 Å². The van der Waals surface area contributed by atoms with Gasteiger partial charge in [0.15, 0.2) is 9.84 Å². The van der Waals surface area contributed by atoms with Gasteiger partial charge in [0, 0.05) is 39.6 Å². The van der Waals surface area contributed by atoms with E-state index in [0.717, 1.165) is 0 Å². The Hall–Kier alpha value is -1.41. The number of amides is 2. The second-order valence-corrected chi connectivity index (χ2v) is 7.55. The van der Waals surface area contributed by atoms with Crippen LogP contribution in [-0.4, -0.2) is 74.0 Å². The second kappa shape index (κ2) is 5.76. The number of carbonyl (C=O) groups is 2. The number of piperidine rings is 1. The SMILES string of the molecule is C=CC(=O)N1CCC2(CC1)N(CCOC)C(=O)CS2(=O)=O. The number of nitrogens with zero attached hydrogens (tertiary/aromatic N) is 2. The van der Waals surface area contributed by atoms with Crippen molar-refractivity contribution in [3.8, 4) is 0 Å². The smallest absolute Gasteiger partial charge is 0.245 e. The number of ether oxygens (including phenoxy) is 1. The number of sulfone groups is 1. The lowest BCUT2D eigenvalue weighted by atomic mass is 10.0. The van der Waals surface area contributed by atoms with Crippen LogP contribution in [0.3, 0.4) is 0 Å². The summed E-state index contributed by atoms with van der Waals surface area (Å²) >= 11 is 0. The highest BCUT2D eigenvalue weighted by atomic mass is 32.2. The lowest BCUT2D eigenvalue weighted by Gasteiger charge is -2.43. The molecule has 2 rings (SSSR count). The molecule has 2 fully saturated rings. The minimum Gasteiger partial charge on any atom is -0.383 e. The Bertz CT molecular complexity index is 549. The fraction of sp³-hybridized carbons (Fsp3) is 0.692. The number of hydrogen-bond acceptors (Lipinski definition) is 5. The molecule has 0 aromatic carbocycles. The predicted octanol–water partition coefficient (Wildman–Crippen LogP) is -0.605. The van der Waals surface area contributed by atoms with Gasteiger partial charge in [-0.3, -0.25) is 9.59 Å². The first kappa shape index (κ1) is 16.0. The lowest BCUT2D eigenvalue weighted by molar-refractivity contribution is -0.133. The van der Waals surface area contributed by atoms with Crippen molar-refractivity contribution in [3.63, 3.8) is 0 Å². The lowest BCUT2D eigenvalue weighted by Crippen LogP contribution is -2.57. The van der Waals surface area contributed by atoms with E-state index < -0.39 is 20.5 Å². The standard InChI is InChI=1S/C13H20N2O5S/c1-3-11(16)14-6-4-13(5-7-14)15(8-9-20-2)12(17)10-21(13,18)19/h3H,1,4-10H2,2H3. The quantitative estimate of drug-likeness (QED) is 0.646. The molecule has 0 saturated carbocycles. The summed E-state index contributed by atoms with van der Waals surface area (Å²) in [6.07, 6.45) is 1.70. The van der Waals surface area contributed by atoms with Crippen molar-refractivity contribution in [1.82, 2.24) is 9.80 Å². The molecule has 0 aliphatic carbocycles. The minimum absolute atomic E-state index is 0.213. The molecule has 0 aromatic heterocycles. The summed E-state index contributed by atoms with van der Waals surface area (Å²) in [5, 5.41) is 0. The highest BCUT2D eigenvalue weighted by molar-refractivity contribution is 7.93. The van der Waals surface area contributed by atoms with E-state index in [9.17, 15) is 18.0 Å². The van der Waals surface area contributed by atoms with Crippen molar-refractivity contribution in [1.29, 1.82) is 0 Å². The first-order valence-electron chi connectivity index (χ1n) is 6.81. The van der Waals surface area contributed by atoms with Crippen LogP contribution >= 0.6 is 0 Å². The van der Waals surface area contributed by atoms with E-state index in [1.807, 2.05) is 0 Å². The molecular formula is C13H20N2O5S. The first-order valence-corrected chi connectivity index (χ1v) is 8.46. The van der Waals surface area contributed by atoms with E-state index in [4.69, 9.17) is 4.74 Å². The molecule has 0 unspecified atom stereocenters. The average molecular weight is 316 g/mol. The Balaban J connectivity index is 2.24. The van der Waals surface area contributed by atoms with Crippen molar-refractivity contribution in [2.45, 2.75) is 17.7 Å². The van der Waals surface area contributed by atoms with Crippen molar-refractivity contribution >= 4 is 21.7 Å². The van der Waals surface area contributed by atoms with E-state index in [-0.39, 0.29) is 37.8 Å². The number of carbonyl (C=O) groups excluding carboxylic acids is 2. The molecule has 118 valence electrons. The summed E-state index contributed by atoms with van der Waals surface area (Å²) in [6.45, 7) is 4.59. The summed E-state index contributed by atoms with van der Waals surface area (Å²) in [5.74, 6) is -1.04. The molecule has 2 heterocycles. The summed E-state index contributed by atoms with van der Waals surface area (Å²) in [4.78, 5) is 25.4. The zero-order valence-electron chi connectivity index (χ0n) is 12.1. The van der Waals surface area contributed by atoms with Crippen LogP contribution in [0.25, 0.3) is 0 Å². The zero-order chi connectivity index (χ0) is 15.7. The topological polar surface area (TPSA) is 84.0 Å². The zero-order valence-corrected chi connectivity index (χ0v) is 12.9. The van der Waals surface area contributed by atoms with E-state index in [0.29, 0.717) is 13.1 Å². The van der Waals surface area contributed by atoms with E-state index in [2.05, 4.69) is 6.58 Å². The molecule has 0 N–H and O–H groups in total. The van der Waals surface area contributed by atoms with Gasteiger partial charge < -0.3 is 14.5 Å². The van der Waals surface area contributed by atoms with Gasteiger partial charge in [0.1, 0.15) is 10.6 Å². The highest BCUT2D eigenvalue weighted by Crippen LogP contribution is 2.39. The Morgan fingerprint density at radius 3 is 2.57 bits per heavy atom. The minimum atomic E-state index is -3.54. The summed E-state index contributed by atoms with van der Waals surface area (Å²) < 4.78 is 29.8. The summed E-state index contributed by atoms with van der Waals surface area (Å²) in [7, 11) is -2.03. The largest absolute Gasteiger partial charge is 0.383 e. The molecule has 1 spiro atoms. The van der Waals surface area contributed by atoms with Crippen LogP contribution in [0, 0.1) is 0 Å². The van der Waals surface area contributed by atoms with Gasteiger partial charge in [-0.2, -0.15) is 0 Å². The Morgan fingerprint density at radius 1 is 1.43 bits per heavy atom. The molecule has 21 heavy (non-hydrogen) atoms. The highest BCUT2D eigenvalue weighted by Gasteiger charge is 2.58. The maximum atomic E-state index is 12.4. The van der Waals surface area contributed by atoms with Crippen LogP contribution in [0.1, 0.15) is 12.8 Å². The van der Waals surface area contributed by atoms with E-state index in [1.54, 1.807) is 4.90 Å². The van der Waals surface area contributed by atoms with Crippen LogP contribution in [0.2, 0.25) is 0 Å². The third kappa shape index (κ3) is 2.57. The molecule has 8 heteroatoms. The third-order valence-electron chi connectivity index (χ3n) is 4.24. The molecular weight excluding hydrogens is 296 g/mol. The Morgan fingerprint density at radius 2 is 2.05 bits per heavy atom. The molecule has 0 atom stereocenters. The fourth-order valence-corrected chi connectivity index (χ4v) is 5.15. The van der Waals surface area contributed by atoms with Gasteiger partial charge in [0.25, 0.3) is 0 Å². The molecule has 7 nitrogen and oxygen atoms in total. The average Bonchev–Trinajstić information content (AvgIpc) is 2.63. The number of hydrogen-bond donors (Lipinski definition) is 0. The van der Waals surface area contributed by atoms with E-state index >= 15 is 0 Å². The van der Waals surface area contributed by atoms with Crippen LogP contribution in [0.5, 0.6) is 0 Å². The van der Waals surface area contributed by atoms with Gasteiger partial charge in [-0.25, -0.2) is 8.42 Å². The van der Waals surface area contributed by atoms with E-state index in [1.165, 1.54) is 18.1 Å². The monoisotopic (exact) mass is 316 g/mol. The van der Waals surface area contributed by atoms with Gasteiger partial charge in [-0.1, -0.05) is 6.58 Å². The van der Waals surface area contributed by atoms with Crippen molar-refractivity contribution in [2.24, 2.45) is 0 Å². The molecule has 2 saturated heterocycles. The maximum absolute atomic E-state index is 12.4. The van der Waals surface area contributed by atoms with Gasteiger partial charge in [-0.05, 0) is 6.08 Å². The third-order valence-corrected chi connectivity index (χ3v) is 6.65. The van der Waals surface area contributed by atoms with Crippen molar-refractivity contribution in [3.05, 3.63) is 12.7 Å². The predicted molar refractivity (Wildman–Crippen MR) is 76.1 cm³/mol. The number of rotatable bonds is 4. The normalized spacial score (nSPS) is 23.6. The van der Waals surface area contributed by atoms with Crippen molar-refractivity contribution < 1.29 is 22.7 Å².